The molecule has 0 spiro atoms. The van der Waals surface area contributed by atoms with E-state index in [1.54, 1.807) is 17.6 Å². The van der Waals surface area contributed by atoms with Gasteiger partial charge in [-0.25, -0.2) is 0 Å². The summed E-state index contributed by atoms with van der Waals surface area (Å²) in [7, 11) is 1.97. The molecule has 0 bridgehead atoms. The smallest absolute Gasteiger partial charge is 0.297 e. The fourth-order valence-electron chi connectivity index (χ4n) is 1.36. The zero-order chi connectivity index (χ0) is 11.4. The Morgan fingerprint density at radius 2 is 2.44 bits per heavy atom. The quantitative estimate of drug-likeness (QED) is 0.770. The second kappa shape index (κ2) is 5.37. The van der Waals surface area contributed by atoms with E-state index in [4.69, 9.17) is 16.0 Å². The Morgan fingerprint density at radius 1 is 1.56 bits per heavy atom. The van der Waals surface area contributed by atoms with Gasteiger partial charge in [0.25, 0.3) is 6.01 Å². The lowest BCUT2D eigenvalue weighted by Crippen LogP contribution is -2.20. The third-order valence-electron chi connectivity index (χ3n) is 2.28. The Labute approximate surface area is 104 Å². The lowest BCUT2D eigenvalue weighted by atomic mass is 10.3. The van der Waals surface area contributed by atoms with E-state index >= 15 is 0 Å². The maximum atomic E-state index is 5.66. The molecule has 2 heterocycles. The van der Waals surface area contributed by atoms with E-state index in [-0.39, 0.29) is 0 Å². The third kappa shape index (κ3) is 2.77. The van der Waals surface area contributed by atoms with Gasteiger partial charge in [-0.15, -0.1) is 22.9 Å². The van der Waals surface area contributed by atoms with Crippen molar-refractivity contribution in [3.8, 4) is 0 Å². The predicted molar refractivity (Wildman–Crippen MR) is 67.4 cm³/mol. The fraction of sp³-hybridized carbons (Fsp3) is 0.364. The van der Waals surface area contributed by atoms with E-state index in [1.165, 1.54) is 4.88 Å². The Bertz CT molecular complexity index is 427. The number of likely N-dealkylation sites (N-methyl/N-ethyl adjacent to an activating group) is 1. The number of nitrogens with zero attached hydrogens (tertiary/aromatic N) is 2. The van der Waals surface area contributed by atoms with Crippen LogP contribution < -0.4 is 4.90 Å². The molecule has 0 amide bonds. The molecule has 5 heteroatoms. The normalized spacial score (nSPS) is 10.6. The van der Waals surface area contributed by atoms with Gasteiger partial charge in [0.2, 0.25) is 0 Å². The molecule has 2 aromatic heterocycles. The molecule has 16 heavy (non-hydrogen) atoms. The standard InChI is InChI=1S/C11H13ClN2OS/c1-14(5-4-10-3-2-6-16-10)11-13-9(7-12)8-15-11/h2-3,6,8H,4-5,7H2,1H3. The highest BCUT2D eigenvalue weighted by Crippen LogP contribution is 2.15. The number of thiophene rings is 1. The van der Waals surface area contributed by atoms with Crippen LogP contribution in [0.15, 0.2) is 28.2 Å². The molecule has 0 N–H and O–H groups in total. The molecule has 0 saturated carbocycles. The van der Waals surface area contributed by atoms with Crippen molar-refractivity contribution < 1.29 is 4.42 Å². The summed E-state index contributed by atoms with van der Waals surface area (Å²) in [5.74, 6) is 0.391. The highest BCUT2D eigenvalue weighted by Gasteiger charge is 2.08. The molecule has 3 nitrogen and oxygen atoms in total. The summed E-state index contributed by atoms with van der Waals surface area (Å²) in [6.07, 6.45) is 2.61. The molecule has 0 aliphatic heterocycles. The van der Waals surface area contributed by atoms with Crippen molar-refractivity contribution in [1.29, 1.82) is 0 Å². The van der Waals surface area contributed by atoms with Crippen molar-refractivity contribution >= 4 is 29.0 Å². The van der Waals surface area contributed by atoms with Crippen molar-refractivity contribution in [3.63, 3.8) is 0 Å². The predicted octanol–water partition coefficient (Wildman–Crippen LogP) is 3.15. The first-order valence-corrected chi connectivity index (χ1v) is 6.45. The van der Waals surface area contributed by atoms with Gasteiger partial charge in [0.05, 0.1) is 11.6 Å². The van der Waals surface area contributed by atoms with Gasteiger partial charge in [-0.1, -0.05) is 6.07 Å². The van der Waals surface area contributed by atoms with Crippen LogP contribution in [0.4, 0.5) is 6.01 Å². The van der Waals surface area contributed by atoms with E-state index in [0.29, 0.717) is 11.9 Å². The maximum Gasteiger partial charge on any atom is 0.297 e. The van der Waals surface area contributed by atoms with Crippen LogP contribution >= 0.6 is 22.9 Å². The van der Waals surface area contributed by atoms with Gasteiger partial charge in [0.15, 0.2) is 0 Å². The van der Waals surface area contributed by atoms with Crippen molar-refractivity contribution in [2.75, 3.05) is 18.5 Å². The largest absolute Gasteiger partial charge is 0.432 e. The van der Waals surface area contributed by atoms with Gasteiger partial charge in [0.1, 0.15) is 6.26 Å². The van der Waals surface area contributed by atoms with Gasteiger partial charge >= 0.3 is 0 Å². The van der Waals surface area contributed by atoms with Crippen LogP contribution in [0.1, 0.15) is 10.6 Å². The zero-order valence-corrected chi connectivity index (χ0v) is 10.6. The summed E-state index contributed by atoms with van der Waals surface area (Å²) in [5.41, 5.74) is 0.777. The summed E-state index contributed by atoms with van der Waals surface area (Å²) in [5, 5.41) is 2.09. The summed E-state index contributed by atoms with van der Waals surface area (Å²) in [6.45, 7) is 0.892. The zero-order valence-electron chi connectivity index (χ0n) is 9.02. The lowest BCUT2D eigenvalue weighted by Gasteiger charge is -2.13. The second-order valence-electron chi connectivity index (χ2n) is 3.51. The van der Waals surface area contributed by atoms with Gasteiger partial charge in [-0.2, -0.15) is 4.98 Å². The molecular weight excluding hydrogens is 244 g/mol. The average Bonchev–Trinajstić information content (AvgIpc) is 2.96. The van der Waals surface area contributed by atoms with E-state index in [0.717, 1.165) is 18.7 Å². The SMILES string of the molecule is CN(CCc1cccs1)c1nc(CCl)co1. The lowest BCUT2D eigenvalue weighted by molar-refractivity contribution is 0.545. The first kappa shape index (κ1) is 11.5. The Hall–Kier alpha value is -1.00. The fourth-order valence-corrected chi connectivity index (χ4v) is 2.18. The summed E-state index contributed by atoms with van der Waals surface area (Å²) >= 11 is 7.43. The van der Waals surface area contributed by atoms with Crippen LogP contribution in [0.5, 0.6) is 0 Å². The van der Waals surface area contributed by atoms with Gasteiger partial charge < -0.3 is 9.32 Å². The Morgan fingerprint density at radius 3 is 3.06 bits per heavy atom. The Kier molecular flexibility index (Phi) is 3.85. The summed E-state index contributed by atoms with van der Waals surface area (Å²) in [4.78, 5) is 7.63. The molecule has 0 saturated heterocycles. The molecule has 0 radical (unpaired) electrons. The number of oxazole rings is 1. The number of hydrogen-bond acceptors (Lipinski definition) is 4. The van der Waals surface area contributed by atoms with Crippen LogP contribution in [0.3, 0.4) is 0 Å². The number of hydrogen-bond donors (Lipinski definition) is 0. The maximum absolute atomic E-state index is 5.66. The van der Waals surface area contributed by atoms with Crippen LogP contribution in [-0.2, 0) is 12.3 Å². The van der Waals surface area contributed by atoms with E-state index in [1.807, 2.05) is 11.9 Å². The number of alkyl halides is 1. The van der Waals surface area contributed by atoms with Crippen molar-refractivity contribution in [2.24, 2.45) is 0 Å². The monoisotopic (exact) mass is 256 g/mol. The number of rotatable bonds is 5. The van der Waals surface area contributed by atoms with Crippen molar-refractivity contribution in [2.45, 2.75) is 12.3 Å². The van der Waals surface area contributed by atoms with Crippen molar-refractivity contribution in [1.82, 2.24) is 4.98 Å². The highest BCUT2D eigenvalue weighted by atomic mass is 35.5. The molecule has 2 rings (SSSR count). The molecule has 0 fully saturated rings. The minimum atomic E-state index is 0.391. The van der Waals surface area contributed by atoms with Gasteiger partial charge in [0, 0.05) is 18.5 Å². The molecule has 0 atom stereocenters. The van der Waals surface area contributed by atoms with Gasteiger partial charge in [-0.05, 0) is 17.9 Å². The number of anilines is 1. The first-order valence-electron chi connectivity index (χ1n) is 5.03. The summed E-state index contributed by atoms with van der Waals surface area (Å²) in [6, 6.07) is 4.84. The first-order chi connectivity index (χ1) is 7.79. The molecule has 0 aliphatic carbocycles. The van der Waals surface area contributed by atoms with Crippen LogP contribution in [0.25, 0.3) is 0 Å². The topological polar surface area (TPSA) is 29.3 Å². The molecule has 0 aliphatic rings. The highest BCUT2D eigenvalue weighted by molar-refractivity contribution is 7.09. The molecular formula is C11H13ClN2OS. The van der Waals surface area contributed by atoms with Gasteiger partial charge in [-0.3, -0.25) is 0 Å². The minimum absolute atomic E-state index is 0.391. The van der Waals surface area contributed by atoms with Crippen LogP contribution in [0.2, 0.25) is 0 Å². The second-order valence-corrected chi connectivity index (χ2v) is 4.81. The molecule has 86 valence electrons. The van der Waals surface area contributed by atoms with E-state index in [2.05, 4.69) is 22.5 Å². The van der Waals surface area contributed by atoms with E-state index < -0.39 is 0 Å². The van der Waals surface area contributed by atoms with Crippen LogP contribution in [0, 0.1) is 0 Å². The average molecular weight is 257 g/mol. The van der Waals surface area contributed by atoms with E-state index in [9.17, 15) is 0 Å². The molecule has 0 unspecified atom stereocenters. The van der Waals surface area contributed by atoms with Crippen molar-refractivity contribution in [3.05, 3.63) is 34.3 Å². The minimum Gasteiger partial charge on any atom is -0.432 e. The number of aromatic nitrogens is 1. The molecule has 0 aromatic carbocycles. The summed E-state index contributed by atoms with van der Waals surface area (Å²) < 4.78 is 5.32. The van der Waals surface area contributed by atoms with Crippen LogP contribution in [-0.4, -0.2) is 18.6 Å². The third-order valence-corrected chi connectivity index (χ3v) is 3.49. The number of halogens is 1. The Balaban J connectivity index is 1.90. The molecule has 2 aromatic rings.